The van der Waals surface area contributed by atoms with Crippen molar-refractivity contribution < 1.29 is 14.7 Å². The molecule has 2 aliphatic rings. The number of carboxylic acids is 1. The molecule has 5 heteroatoms. The van der Waals surface area contributed by atoms with Crippen LogP contribution in [0.3, 0.4) is 0 Å². The Kier molecular flexibility index (Phi) is 3.92. The maximum absolute atomic E-state index is 12.8. The number of nitrogens with zero attached hydrogens (tertiary/aromatic N) is 1. The van der Waals surface area contributed by atoms with E-state index in [1.165, 1.54) is 5.56 Å². The maximum Gasteiger partial charge on any atom is 0.305 e. The third-order valence-electron chi connectivity index (χ3n) is 4.42. The molecule has 0 spiro atoms. The third kappa shape index (κ3) is 2.78. The summed E-state index contributed by atoms with van der Waals surface area (Å²) in [4.78, 5) is 25.5. The summed E-state index contributed by atoms with van der Waals surface area (Å²) in [7, 11) is 0. The molecule has 5 nitrogen and oxygen atoms in total. The van der Waals surface area contributed by atoms with Gasteiger partial charge in [-0.3, -0.25) is 9.59 Å². The highest BCUT2D eigenvalue weighted by atomic mass is 16.4. The summed E-state index contributed by atoms with van der Waals surface area (Å²) in [5.41, 5.74) is 3.06. The Labute approximate surface area is 123 Å². The monoisotopic (exact) mass is 288 g/mol. The average Bonchev–Trinajstić information content (AvgIpc) is 2.93. The van der Waals surface area contributed by atoms with Crippen LogP contribution in [0.1, 0.15) is 40.7 Å². The van der Waals surface area contributed by atoms with Gasteiger partial charge in [0.1, 0.15) is 0 Å². The van der Waals surface area contributed by atoms with E-state index >= 15 is 0 Å². The molecule has 21 heavy (non-hydrogen) atoms. The molecular formula is C16H20N2O3. The molecule has 0 saturated carbocycles. The number of benzene rings is 1. The van der Waals surface area contributed by atoms with Crippen molar-refractivity contribution in [3.63, 3.8) is 0 Å². The number of carbonyl (C=O) groups is 2. The number of nitrogens with one attached hydrogen (secondary N) is 1. The standard InChI is InChI=1S/C16H20N2O3/c19-15(20)9-12-4-2-8-18(12)16(21)14-5-1-3-11-10-17-7-6-13(11)14/h1,3,5,12,17H,2,4,6-10H2,(H,19,20). The quantitative estimate of drug-likeness (QED) is 0.882. The molecular weight excluding hydrogens is 268 g/mol. The smallest absolute Gasteiger partial charge is 0.305 e. The third-order valence-corrected chi connectivity index (χ3v) is 4.42. The first-order valence-electron chi connectivity index (χ1n) is 7.51. The van der Waals surface area contributed by atoms with E-state index in [-0.39, 0.29) is 18.4 Å². The van der Waals surface area contributed by atoms with Gasteiger partial charge in [0.15, 0.2) is 0 Å². The van der Waals surface area contributed by atoms with Crippen LogP contribution >= 0.6 is 0 Å². The molecule has 1 aromatic carbocycles. The fraction of sp³-hybridized carbons (Fsp3) is 0.500. The van der Waals surface area contributed by atoms with Gasteiger partial charge in [-0.15, -0.1) is 0 Å². The van der Waals surface area contributed by atoms with Gasteiger partial charge in [-0.25, -0.2) is 0 Å². The van der Waals surface area contributed by atoms with Crippen LogP contribution in [-0.4, -0.2) is 41.0 Å². The van der Waals surface area contributed by atoms with E-state index in [2.05, 4.69) is 11.4 Å². The lowest BCUT2D eigenvalue weighted by atomic mass is 9.94. The van der Waals surface area contributed by atoms with Crippen LogP contribution in [0.4, 0.5) is 0 Å². The highest BCUT2D eigenvalue weighted by Gasteiger charge is 2.32. The predicted octanol–water partition coefficient (Wildman–Crippen LogP) is 1.41. The van der Waals surface area contributed by atoms with Crippen molar-refractivity contribution >= 4 is 11.9 Å². The van der Waals surface area contributed by atoms with Gasteiger partial charge in [0.25, 0.3) is 5.91 Å². The zero-order valence-electron chi connectivity index (χ0n) is 12.0. The highest BCUT2D eigenvalue weighted by molar-refractivity contribution is 5.96. The topological polar surface area (TPSA) is 69.6 Å². The Balaban J connectivity index is 1.86. The molecule has 0 radical (unpaired) electrons. The molecule has 1 aromatic rings. The number of rotatable bonds is 3. The number of likely N-dealkylation sites (tertiary alicyclic amines) is 1. The zero-order valence-corrected chi connectivity index (χ0v) is 12.0. The number of carbonyl (C=O) groups excluding carboxylic acids is 1. The number of hydrogen-bond donors (Lipinski definition) is 2. The van der Waals surface area contributed by atoms with E-state index in [4.69, 9.17) is 5.11 Å². The first-order valence-corrected chi connectivity index (χ1v) is 7.51. The number of carboxylic acid groups (broad SMARTS) is 1. The second-order valence-corrected chi connectivity index (χ2v) is 5.76. The fourth-order valence-corrected chi connectivity index (χ4v) is 3.40. The molecule has 1 amide bonds. The summed E-state index contributed by atoms with van der Waals surface area (Å²) in [6.45, 7) is 2.35. The van der Waals surface area contributed by atoms with Crippen LogP contribution in [0.5, 0.6) is 0 Å². The first kappa shape index (κ1) is 14.1. The normalized spacial score (nSPS) is 21.1. The average molecular weight is 288 g/mol. The number of fused-ring (bicyclic) bond motifs is 1. The van der Waals surface area contributed by atoms with Crippen molar-refractivity contribution in [2.75, 3.05) is 13.1 Å². The second-order valence-electron chi connectivity index (χ2n) is 5.76. The Morgan fingerprint density at radius 3 is 3.05 bits per heavy atom. The molecule has 2 heterocycles. The Hall–Kier alpha value is -1.88. The maximum atomic E-state index is 12.8. The lowest BCUT2D eigenvalue weighted by Gasteiger charge is -2.26. The van der Waals surface area contributed by atoms with Crippen molar-refractivity contribution in [2.24, 2.45) is 0 Å². The van der Waals surface area contributed by atoms with Crippen LogP contribution < -0.4 is 5.32 Å². The van der Waals surface area contributed by atoms with E-state index in [0.29, 0.717) is 6.54 Å². The van der Waals surface area contributed by atoms with Gasteiger partial charge in [-0.2, -0.15) is 0 Å². The Morgan fingerprint density at radius 2 is 2.24 bits per heavy atom. The van der Waals surface area contributed by atoms with Crippen molar-refractivity contribution in [3.05, 3.63) is 34.9 Å². The van der Waals surface area contributed by atoms with E-state index in [9.17, 15) is 9.59 Å². The van der Waals surface area contributed by atoms with Gasteiger partial charge >= 0.3 is 5.97 Å². The van der Waals surface area contributed by atoms with Gasteiger partial charge in [0.2, 0.25) is 0 Å². The van der Waals surface area contributed by atoms with E-state index in [0.717, 1.165) is 43.5 Å². The second kappa shape index (κ2) is 5.85. The van der Waals surface area contributed by atoms with Gasteiger partial charge in [-0.1, -0.05) is 12.1 Å². The first-order chi connectivity index (χ1) is 10.2. The lowest BCUT2D eigenvalue weighted by molar-refractivity contribution is -0.137. The molecule has 0 bridgehead atoms. The van der Waals surface area contributed by atoms with Crippen molar-refractivity contribution in [1.82, 2.24) is 10.2 Å². The molecule has 2 N–H and O–H groups in total. The molecule has 1 fully saturated rings. The Bertz CT molecular complexity index is 571. The summed E-state index contributed by atoms with van der Waals surface area (Å²) >= 11 is 0. The molecule has 0 aromatic heterocycles. The van der Waals surface area contributed by atoms with Crippen LogP contribution in [0.15, 0.2) is 18.2 Å². The highest BCUT2D eigenvalue weighted by Crippen LogP contribution is 2.26. The predicted molar refractivity (Wildman–Crippen MR) is 78.2 cm³/mol. The molecule has 1 unspecified atom stereocenters. The van der Waals surface area contributed by atoms with Crippen molar-refractivity contribution in [1.29, 1.82) is 0 Å². The summed E-state index contributed by atoms with van der Waals surface area (Å²) in [5, 5.41) is 12.3. The number of aliphatic carboxylic acids is 1. The van der Waals surface area contributed by atoms with Crippen molar-refractivity contribution in [3.8, 4) is 0 Å². The SMILES string of the molecule is O=C(O)CC1CCCN1C(=O)c1cccc2c1CCNC2. The molecule has 0 aliphatic carbocycles. The van der Waals surface area contributed by atoms with Crippen molar-refractivity contribution in [2.45, 2.75) is 38.3 Å². The minimum Gasteiger partial charge on any atom is -0.481 e. The van der Waals surface area contributed by atoms with Crippen LogP contribution in [0, 0.1) is 0 Å². The number of amides is 1. The summed E-state index contributed by atoms with van der Waals surface area (Å²) in [5.74, 6) is -0.837. The summed E-state index contributed by atoms with van der Waals surface area (Å²) in [6, 6.07) is 5.69. The Morgan fingerprint density at radius 1 is 1.38 bits per heavy atom. The lowest BCUT2D eigenvalue weighted by Crippen LogP contribution is -2.38. The molecule has 3 rings (SSSR count). The van der Waals surface area contributed by atoms with Crippen LogP contribution in [0.25, 0.3) is 0 Å². The van der Waals surface area contributed by atoms with E-state index < -0.39 is 5.97 Å². The summed E-state index contributed by atoms with van der Waals surface area (Å²) < 4.78 is 0. The van der Waals surface area contributed by atoms with Gasteiger partial charge in [-0.05, 0) is 43.0 Å². The van der Waals surface area contributed by atoms with Gasteiger partial charge in [0.05, 0.1) is 6.42 Å². The van der Waals surface area contributed by atoms with Gasteiger partial charge in [0, 0.05) is 24.7 Å². The molecule has 1 saturated heterocycles. The van der Waals surface area contributed by atoms with Crippen LogP contribution in [-0.2, 0) is 17.8 Å². The molecule has 2 aliphatic heterocycles. The minimum atomic E-state index is -0.834. The largest absolute Gasteiger partial charge is 0.481 e. The van der Waals surface area contributed by atoms with E-state index in [1.54, 1.807) is 4.90 Å². The minimum absolute atomic E-state index is 0.00231. The van der Waals surface area contributed by atoms with E-state index in [1.807, 2.05) is 12.1 Å². The fourth-order valence-electron chi connectivity index (χ4n) is 3.40. The number of hydrogen-bond acceptors (Lipinski definition) is 3. The zero-order chi connectivity index (χ0) is 14.8. The summed E-state index contributed by atoms with van der Waals surface area (Å²) in [6.07, 6.45) is 2.58. The van der Waals surface area contributed by atoms with Gasteiger partial charge < -0.3 is 15.3 Å². The van der Waals surface area contributed by atoms with Crippen LogP contribution in [0.2, 0.25) is 0 Å². The molecule has 1 atom stereocenters. The molecule has 112 valence electrons.